The normalized spacial score (nSPS) is 10.6. The molecule has 0 unspecified atom stereocenters. The van der Waals surface area contributed by atoms with Gasteiger partial charge in [0, 0.05) is 30.9 Å². The maximum Gasteiger partial charge on any atom is 0.269 e. The van der Waals surface area contributed by atoms with Crippen LogP contribution in [0.15, 0.2) is 48.5 Å². The predicted octanol–water partition coefficient (Wildman–Crippen LogP) is 4.55. The summed E-state index contributed by atoms with van der Waals surface area (Å²) in [7, 11) is 0. The van der Waals surface area contributed by atoms with Crippen LogP contribution in [0.2, 0.25) is 0 Å². The van der Waals surface area contributed by atoms with Gasteiger partial charge in [-0.25, -0.2) is 0 Å². The molecular formula is C22H34N4O2. The topological polar surface area (TPSA) is 75.6 Å². The lowest BCUT2D eigenvalue weighted by molar-refractivity contribution is -0.384. The van der Waals surface area contributed by atoms with Crippen molar-refractivity contribution >= 4 is 11.4 Å². The van der Waals surface area contributed by atoms with Crippen molar-refractivity contribution in [2.75, 3.05) is 31.9 Å². The van der Waals surface area contributed by atoms with E-state index in [0.29, 0.717) is 0 Å². The van der Waals surface area contributed by atoms with Gasteiger partial charge in [0.1, 0.15) is 0 Å². The fourth-order valence-electron chi connectivity index (χ4n) is 2.76. The Morgan fingerprint density at radius 2 is 1.11 bits per heavy atom. The number of nitro benzene ring substituents is 1. The Kier molecular flexibility index (Phi) is 10.8. The molecule has 0 amide bonds. The third-order valence-corrected chi connectivity index (χ3v) is 4.73. The number of anilines is 1. The highest BCUT2D eigenvalue weighted by atomic mass is 16.6. The second-order valence-electron chi connectivity index (χ2n) is 6.59. The van der Waals surface area contributed by atoms with Gasteiger partial charge in [-0.15, -0.1) is 0 Å². The fraction of sp³-hybridized carbons (Fsp3) is 0.455. The van der Waals surface area contributed by atoms with Crippen LogP contribution in [0.3, 0.4) is 0 Å². The summed E-state index contributed by atoms with van der Waals surface area (Å²) < 4.78 is 0. The van der Waals surface area contributed by atoms with E-state index < -0.39 is 0 Å². The van der Waals surface area contributed by atoms with Crippen molar-refractivity contribution in [2.24, 2.45) is 0 Å². The molecule has 0 radical (unpaired) electrons. The summed E-state index contributed by atoms with van der Waals surface area (Å²) in [6, 6.07) is 14.8. The van der Waals surface area contributed by atoms with Gasteiger partial charge < -0.3 is 5.73 Å². The van der Waals surface area contributed by atoms with Gasteiger partial charge in [0.2, 0.25) is 0 Å². The van der Waals surface area contributed by atoms with Crippen molar-refractivity contribution in [1.82, 2.24) is 9.80 Å². The van der Waals surface area contributed by atoms with Crippen LogP contribution in [-0.2, 0) is 13.1 Å². The van der Waals surface area contributed by atoms with Gasteiger partial charge >= 0.3 is 0 Å². The van der Waals surface area contributed by atoms with Gasteiger partial charge in [0.15, 0.2) is 0 Å². The van der Waals surface area contributed by atoms with Crippen molar-refractivity contribution < 1.29 is 4.92 Å². The number of hydrogen-bond donors (Lipinski definition) is 1. The van der Waals surface area contributed by atoms with Crippen LogP contribution in [0.25, 0.3) is 0 Å². The second kappa shape index (κ2) is 12.9. The highest BCUT2D eigenvalue weighted by molar-refractivity contribution is 5.39. The number of nitro groups is 1. The van der Waals surface area contributed by atoms with Gasteiger partial charge in [0.25, 0.3) is 5.69 Å². The molecule has 0 aromatic heterocycles. The summed E-state index contributed by atoms with van der Waals surface area (Å²) in [6.07, 6.45) is 0. The molecule has 6 nitrogen and oxygen atoms in total. The van der Waals surface area contributed by atoms with Crippen LogP contribution in [0.4, 0.5) is 11.4 Å². The zero-order chi connectivity index (χ0) is 20.9. The average Bonchev–Trinajstić information content (AvgIpc) is 2.72. The molecule has 2 aromatic rings. The summed E-state index contributed by atoms with van der Waals surface area (Å²) in [5.74, 6) is 0. The first-order valence-electron chi connectivity index (χ1n) is 9.95. The minimum Gasteiger partial charge on any atom is -0.399 e. The van der Waals surface area contributed by atoms with Crippen molar-refractivity contribution in [2.45, 2.75) is 40.8 Å². The summed E-state index contributed by atoms with van der Waals surface area (Å²) in [6.45, 7) is 14.6. The van der Waals surface area contributed by atoms with E-state index in [0.717, 1.165) is 50.5 Å². The lowest BCUT2D eigenvalue weighted by atomic mass is 10.2. The molecule has 6 heteroatoms. The molecule has 2 rings (SSSR count). The third kappa shape index (κ3) is 8.50. The molecular weight excluding hydrogens is 352 g/mol. The Bertz CT molecular complexity index is 679. The van der Waals surface area contributed by atoms with E-state index in [1.165, 1.54) is 5.56 Å². The quantitative estimate of drug-likeness (QED) is 0.389. The van der Waals surface area contributed by atoms with Gasteiger partial charge in [-0.1, -0.05) is 52.0 Å². The van der Waals surface area contributed by atoms with Crippen LogP contribution >= 0.6 is 0 Å². The van der Waals surface area contributed by atoms with Gasteiger partial charge in [0.05, 0.1) is 4.92 Å². The Morgan fingerprint density at radius 3 is 1.43 bits per heavy atom. The van der Waals surface area contributed by atoms with Crippen LogP contribution in [0, 0.1) is 10.1 Å². The molecule has 2 N–H and O–H groups in total. The molecule has 0 aliphatic rings. The number of hydrogen-bond acceptors (Lipinski definition) is 5. The van der Waals surface area contributed by atoms with E-state index in [-0.39, 0.29) is 10.6 Å². The number of non-ortho nitro benzene ring substituents is 1. The van der Waals surface area contributed by atoms with Crippen LogP contribution in [0.5, 0.6) is 0 Å². The fourth-order valence-corrected chi connectivity index (χ4v) is 2.76. The molecule has 154 valence electrons. The highest BCUT2D eigenvalue weighted by Gasteiger charge is 2.05. The summed E-state index contributed by atoms with van der Waals surface area (Å²) >= 11 is 0. The second-order valence-corrected chi connectivity index (χ2v) is 6.59. The van der Waals surface area contributed by atoms with Crippen molar-refractivity contribution in [1.29, 1.82) is 0 Å². The Balaban J connectivity index is 0.000000283. The molecule has 0 heterocycles. The molecule has 0 fully saturated rings. The summed E-state index contributed by atoms with van der Waals surface area (Å²) in [5, 5.41) is 10.4. The molecule has 0 bridgehead atoms. The number of rotatable bonds is 9. The van der Waals surface area contributed by atoms with Crippen LogP contribution in [-0.4, -0.2) is 40.9 Å². The monoisotopic (exact) mass is 386 g/mol. The number of nitrogens with zero attached hydrogens (tertiary/aromatic N) is 3. The first-order chi connectivity index (χ1) is 13.4. The Hall–Kier alpha value is -2.44. The zero-order valence-corrected chi connectivity index (χ0v) is 17.6. The van der Waals surface area contributed by atoms with E-state index in [9.17, 15) is 10.1 Å². The minimum absolute atomic E-state index is 0.151. The molecule has 0 spiro atoms. The molecule has 0 aliphatic carbocycles. The highest BCUT2D eigenvalue weighted by Crippen LogP contribution is 2.13. The van der Waals surface area contributed by atoms with E-state index in [2.05, 4.69) is 49.6 Å². The molecule has 0 saturated carbocycles. The first-order valence-corrected chi connectivity index (χ1v) is 9.95. The van der Waals surface area contributed by atoms with Crippen LogP contribution in [0.1, 0.15) is 38.8 Å². The standard InChI is InChI=1S/C11H16N2O2.C11H18N2/c1-3-12(4-2)9-10-5-7-11(8-6-10)13(14)15;1-3-13(4-2)9-10-5-7-11(12)8-6-10/h5-8H,3-4,9H2,1-2H3;5-8H,3-4,9,12H2,1-2H3. The lowest BCUT2D eigenvalue weighted by Gasteiger charge is -2.17. The average molecular weight is 387 g/mol. The largest absolute Gasteiger partial charge is 0.399 e. The van der Waals surface area contributed by atoms with Crippen molar-refractivity contribution in [3.8, 4) is 0 Å². The molecule has 0 atom stereocenters. The number of nitrogen functional groups attached to an aromatic ring is 1. The van der Waals surface area contributed by atoms with Crippen LogP contribution < -0.4 is 5.73 Å². The summed E-state index contributed by atoms with van der Waals surface area (Å²) in [5.41, 5.74) is 9.04. The number of nitrogens with two attached hydrogens (primary N) is 1. The van der Waals surface area contributed by atoms with E-state index in [4.69, 9.17) is 5.73 Å². The van der Waals surface area contributed by atoms with E-state index in [1.807, 2.05) is 24.3 Å². The Labute approximate surface area is 169 Å². The molecule has 0 saturated heterocycles. The molecule has 28 heavy (non-hydrogen) atoms. The minimum atomic E-state index is -0.374. The molecule has 2 aromatic carbocycles. The third-order valence-electron chi connectivity index (χ3n) is 4.73. The van der Waals surface area contributed by atoms with Gasteiger partial charge in [-0.05, 0) is 49.4 Å². The Morgan fingerprint density at radius 1 is 0.750 bits per heavy atom. The first kappa shape index (κ1) is 23.6. The summed E-state index contributed by atoms with van der Waals surface area (Å²) in [4.78, 5) is 14.7. The SMILES string of the molecule is CCN(CC)Cc1ccc(N)cc1.CCN(CC)Cc1ccc([N+](=O)[O-])cc1. The maximum absolute atomic E-state index is 10.4. The smallest absolute Gasteiger partial charge is 0.269 e. The lowest BCUT2D eigenvalue weighted by Crippen LogP contribution is -2.21. The van der Waals surface area contributed by atoms with E-state index >= 15 is 0 Å². The predicted molar refractivity (Wildman–Crippen MR) is 117 cm³/mol. The maximum atomic E-state index is 10.4. The van der Waals surface area contributed by atoms with Gasteiger partial charge in [-0.3, -0.25) is 19.9 Å². The van der Waals surface area contributed by atoms with Crippen molar-refractivity contribution in [3.63, 3.8) is 0 Å². The zero-order valence-electron chi connectivity index (χ0n) is 17.6. The van der Waals surface area contributed by atoms with Crippen molar-refractivity contribution in [3.05, 3.63) is 69.8 Å². The number of benzene rings is 2. The van der Waals surface area contributed by atoms with Gasteiger partial charge in [-0.2, -0.15) is 0 Å². The molecule has 0 aliphatic heterocycles. The van der Waals surface area contributed by atoms with E-state index in [1.54, 1.807) is 12.1 Å².